The number of fused-ring (bicyclic) bond motifs is 1. The molecule has 160 valence electrons. The first-order valence-corrected chi connectivity index (χ1v) is 11.0. The molecule has 2 aromatic carbocycles. The Morgan fingerprint density at radius 1 is 1.26 bits per heavy atom. The van der Waals surface area contributed by atoms with Gasteiger partial charge in [0.05, 0.1) is 22.0 Å². The molecule has 1 aromatic heterocycles. The van der Waals surface area contributed by atoms with Crippen LogP contribution in [0.15, 0.2) is 44.7 Å². The number of phenols is 1. The molecule has 0 unspecified atom stereocenters. The lowest BCUT2D eigenvalue weighted by atomic mass is 9.88. The van der Waals surface area contributed by atoms with E-state index in [1.54, 1.807) is 12.1 Å². The summed E-state index contributed by atoms with van der Waals surface area (Å²) >= 11 is 9.34. The molecule has 0 saturated heterocycles. The van der Waals surface area contributed by atoms with Crippen molar-refractivity contribution >= 4 is 50.3 Å². The van der Waals surface area contributed by atoms with E-state index in [0.29, 0.717) is 16.7 Å². The van der Waals surface area contributed by atoms with Gasteiger partial charge in [0.1, 0.15) is 5.82 Å². The average molecular weight is 506 g/mol. The van der Waals surface area contributed by atoms with E-state index in [0.717, 1.165) is 42.6 Å². The third-order valence-corrected chi connectivity index (χ3v) is 6.11. The summed E-state index contributed by atoms with van der Waals surface area (Å²) in [4.78, 5) is 28.5. The summed E-state index contributed by atoms with van der Waals surface area (Å²) in [7, 11) is 0. The number of nitrogens with zero attached hydrogens (tertiary/aromatic N) is 4. The molecule has 1 heterocycles. The number of phenolic OH excluding ortho intramolecular Hbond substituents is 1. The van der Waals surface area contributed by atoms with Gasteiger partial charge < -0.3 is 5.11 Å². The van der Waals surface area contributed by atoms with Gasteiger partial charge >= 0.3 is 5.69 Å². The maximum Gasteiger partial charge on any atom is 0.312 e. The van der Waals surface area contributed by atoms with E-state index in [1.165, 1.54) is 17.0 Å². The standard InChI is InChI=1S/C21H18BrClN4O4/c22-14-6-7-17-16(9-14)21(29)26(20(25-17)12-4-2-1-3-5-12)24-11-13-8-15(23)10-18(19(13)28)27(30)31/h6-12,28H,1-5H2. The Morgan fingerprint density at radius 2 is 2.00 bits per heavy atom. The van der Waals surface area contributed by atoms with Gasteiger partial charge in [-0.05, 0) is 37.1 Å². The highest BCUT2D eigenvalue weighted by Crippen LogP contribution is 2.33. The predicted octanol–water partition coefficient (Wildman–Crippen LogP) is 5.36. The van der Waals surface area contributed by atoms with Crippen molar-refractivity contribution in [3.63, 3.8) is 0 Å². The van der Waals surface area contributed by atoms with Gasteiger partial charge in [-0.15, -0.1) is 0 Å². The van der Waals surface area contributed by atoms with Crippen molar-refractivity contribution in [2.75, 3.05) is 0 Å². The molecule has 31 heavy (non-hydrogen) atoms. The van der Waals surface area contributed by atoms with Crippen LogP contribution in [-0.2, 0) is 0 Å². The second-order valence-electron chi connectivity index (χ2n) is 7.45. The van der Waals surface area contributed by atoms with Crippen LogP contribution in [0.1, 0.15) is 49.4 Å². The van der Waals surface area contributed by atoms with E-state index in [1.807, 2.05) is 6.07 Å². The summed E-state index contributed by atoms with van der Waals surface area (Å²) in [6, 6.07) is 7.71. The first kappa shape index (κ1) is 21.5. The zero-order valence-electron chi connectivity index (χ0n) is 16.3. The van der Waals surface area contributed by atoms with Gasteiger partial charge in [0.25, 0.3) is 5.56 Å². The Balaban J connectivity index is 1.89. The molecule has 0 amide bonds. The Kier molecular flexibility index (Phi) is 6.06. The summed E-state index contributed by atoms with van der Waals surface area (Å²) in [6.45, 7) is 0. The van der Waals surface area contributed by atoms with Crippen molar-refractivity contribution in [2.45, 2.75) is 38.0 Å². The van der Waals surface area contributed by atoms with Crippen molar-refractivity contribution in [3.8, 4) is 5.75 Å². The molecule has 1 aliphatic rings. The lowest BCUT2D eigenvalue weighted by Crippen LogP contribution is -2.25. The molecule has 0 aliphatic heterocycles. The summed E-state index contributed by atoms with van der Waals surface area (Å²) < 4.78 is 1.97. The van der Waals surface area contributed by atoms with Gasteiger partial charge in [-0.2, -0.15) is 9.78 Å². The Morgan fingerprint density at radius 3 is 2.71 bits per heavy atom. The summed E-state index contributed by atoms with van der Waals surface area (Å²) in [5.74, 6) is 0.0580. The lowest BCUT2D eigenvalue weighted by molar-refractivity contribution is -0.385. The van der Waals surface area contributed by atoms with Crippen LogP contribution >= 0.6 is 27.5 Å². The van der Waals surface area contributed by atoms with Crippen LogP contribution in [0.25, 0.3) is 10.9 Å². The van der Waals surface area contributed by atoms with Crippen molar-refractivity contribution < 1.29 is 10.0 Å². The van der Waals surface area contributed by atoms with E-state index >= 15 is 0 Å². The second kappa shape index (κ2) is 8.76. The number of hydrogen-bond acceptors (Lipinski definition) is 6. The molecule has 10 heteroatoms. The van der Waals surface area contributed by atoms with Crippen molar-refractivity contribution in [2.24, 2.45) is 5.10 Å². The third-order valence-electron chi connectivity index (χ3n) is 5.40. The fraction of sp³-hybridized carbons (Fsp3) is 0.286. The van der Waals surface area contributed by atoms with E-state index in [2.05, 4.69) is 21.0 Å². The van der Waals surface area contributed by atoms with Crippen molar-refractivity contribution in [1.29, 1.82) is 0 Å². The first-order valence-electron chi connectivity index (χ1n) is 9.78. The summed E-state index contributed by atoms with van der Waals surface area (Å²) in [5.41, 5.74) is -0.259. The van der Waals surface area contributed by atoms with Gasteiger partial charge in [-0.1, -0.05) is 46.8 Å². The smallest absolute Gasteiger partial charge is 0.312 e. The van der Waals surface area contributed by atoms with E-state index in [-0.39, 0.29) is 22.1 Å². The largest absolute Gasteiger partial charge is 0.502 e. The SMILES string of the molecule is O=c1c2cc(Br)ccc2nc(C2CCCCC2)n1N=Cc1cc(Cl)cc([N+](=O)[O-])c1O. The van der Waals surface area contributed by atoms with E-state index in [9.17, 15) is 20.0 Å². The fourth-order valence-electron chi connectivity index (χ4n) is 3.87. The molecule has 4 rings (SSSR count). The molecule has 1 fully saturated rings. The maximum absolute atomic E-state index is 13.3. The Bertz CT molecular complexity index is 1270. The number of nitro benzene ring substituents is 1. The number of aromatic nitrogens is 2. The average Bonchev–Trinajstić information content (AvgIpc) is 2.75. The maximum atomic E-state index is 13.3. The highest BCUT2D eigenvalue weighted by molar-refractivity contribution is 9.10. The molecular formula is C21H18BrClN4O4. The zero-order chi connectivity index (χ0) is 22.1. The number of nitro groups is 1. The number of hydrogen-bond donors (Lipinski definition) is 1. The van der Waals surface area contributed by atoms with E-state index in [4.69, 9.17) is 16.6 Å². The molecule has 3 aromatic rings. The topological polar surface area (TPSA) is 111 Å². The van der Waals surface area contributed by atoms with Gasteiger partial charge in [0, 0.05) is 27.0 Å². The minimum Gasteiger partial charge on any atom is -0.502 e. The Labute approximate surface area is 190 Å². The molecular weight excluding hydrogens is 488 g/mol. The summed E-state index contributed by atoms with van der Waals surface area (Å²) in [5, 5.41) is 26.2. The third kappa shape index (κ3) is 4.33. The van der Waals surface area contributed by atoms with Crippen LogP contribution in [0.3, 0.4) is 0 Å². The van der Waals surface area contributed by atoms with Crippen LogP contribution in [0.4, 0.5) is 5.69 Å². The zero-order valence-corrected chi connectivity index (χ0v) is 18.6. The fourth-order valence-corrected chi connectivity index (χ4v) is 4.45. The van der Waals surface area contributed by atoms with Gasteiger partial charge in [-0.3, -0.25) is 14.9 Å². The second-order valence-corrected chi connectivity index (χ2v) is 8.80. The number of benzene rings is 2. The molecule has 1 N–H and O–H groups in total. The molecule has 0 atom stereocenters. The van der Waals surface area contributed by atoms with Crippen LogP contribution in [-0.4, -0.2) is 25.9 Å². The van der Waals surface area contributed by atoms with Gasteiger partial charge in [-0.25, -0.2) is 4.98 Å². The minimum absolute atomic E-state index is 0.0371. The summed E-state index contributed by atoms with van der Waals surface area (Å²) in [6.07, 6.45) is 6.24. The minimum atomic E-state index is -0.729. The van der Waals surface area contributed by atoms with Crippen LogP contribution < -0.4 is 5.56 Å². The highest BCUT2D eigenvalue weighted by Gasteiger charge is 2.23. The van der Waals surface area contributed by atoms with E-state index < -0.39 is 16.4 Å². The number of halogens is 2. The number of aromatic hydroxyl groups is 1. The molecule has 0 radical (unpaired) electrons. The van der Waals surface area contributed by atoms with Crippen LogP contribution in [0.5, 0.6) is 5.75 Å². The van der Waals surface area contributed by atoms with Crippen molar-refractivity contribution in [1.82, 2.24) is 9.66 Å². The molecule has 0 spiro atoms. The lowest BCUT2D eigenvalue weighted by Gasteiger charge is -2.22. The van der Waals surface area contributed by atoms with Gasteiger partial charge in [0.15, 0.2) is 0 Å². The Hall–Kier alpha value is -2.78. The van der Waals surface area contributed by atoms with Crippen molar-refractivity contribution in [3.05, 3.63) is 71.7 Å². The normalized spacial score (nSPS) is 15.0. The molecule has 1 aliphatic carbocycles. The monoisotopic (exact) mass is 504 g/mol. The number of rotatable bonds is 4. The molecule has 8 nitrogen and oxygen atoms in total. The highest BCUT2D eigenvalue weighted by atomic mass is 79.9. The molecule has 0 bridgehead atoms. The van der Waals surface area contributed by atoms with Crippen LogP contribution in [0, 0.1) is 10.1 Å². The predicted molar refractivity (Wildman–Crippen MR) is 122 cm³/mol. The molecule has 1 saturated carbocycles. The van der Waals surface area contributed by atoms with Gasteiger partial charge in [0.2, 0.25) is 5.75 Å². The quantitative estimate of drug-likeness (QED) is 0.292. The first-order chi connectivity index (χ1) is 14.8. The van der Waals surface area contributed by atoms with Crippen LogP contribution in [0.2, 0.25) is 5.02 Å².